The molecule has 0 aliphatic carbocycles. The molecule has 0 saturated heterocycles. The lowest BCUT2D eigenvalue weighted by atomic mass is 10.1. The summed E-state index contributed by atoms with van der Waals surface area (Å²) in [5.41, 5.74) is 4.04. The third kappa shape index (κ3) is 6.10. The first kappa shape index (κ1) is 20.9. The van der Waals surface area contributed by atoms with Crippen LogP contribution in [0.3, 0.4) is 0 Å². The van der Waals surface area contributed by atoms with E-state index in [-0.39, 0.29) is 0 Å². The topological polar surface area (TPSA) is 92.6 Å². The van der Waals surface area contributed by atoms with Crippen LogP contribution in [0, 0.1) is 0 Å². The fourth-order valence-electron chi connectivity index (χ4n) is 2.84. The first-order valence-electron chi connectivity index (χ1n) is 9.65. The number of anilines is 1. The Balaban J connectivity index is 1.42. The number of carbonyl (C=O) groups excluding carboxylic acids is 1. The minimum Gasteiger partial charge on any atom is -0.453 e. The predicted molar refractivity (Wildman–Crippen MR) is 118 cm³/mol. The van der Waals surface area contributed by atoms with Gasteiger partial charge in [-0.1, -0.05) is 24.3 Å². The molecular weight excluding hydrogens is 380 g/mol. The quantitative estimate of drug-likeness (QED) is 0.414. The lowest BCUT2D eigenvalue weighted by Gasteiger charge is -2.12. The van der Waals surface area contributed by atoms with E-state index in [1.807, 2.05) is 41.2 Å². The molecule has 0 aliphatic heterocycles. The molecule has 30 heavy (non-hydrogen) atoms. The van der Waals surface area contributed by atoms with Gasteiger partial charge in [0.2, 0.25) is 0 Å². The normalized spacial score (nSPS) is 11.1. The maximum Gasteiger partial charge on any atom is 0.411 e. The van der Waals surface area contributed by atoms with E-state index in [4.69, 9.17) is 0 Å². The molecule has 0 spiro atoms. The van der Waals surface area contributed by atoms with Crippen LogP contribution in [0.1, 0.15) is 11.1 Å². The van der Waals surface area contributed by atoms with Crippen molar-refractivity contribution in [3.63, 3.8) is 0 Å². The minimum atomic E-state index is -0.485. The van der Waals surface area contributed by atoms with Gasteiger partial charge in [0, 0.05) is 38.2 Å². The highest BCUT2D eigenvalue weighted by Crippen LogP contribution is 2.10. The Morgan fingerprint density at radius 2 is 1.80 bits per heavy atom. The van der Waals surface area contributed by atoms with Crippen molar-refractivity contribution < 1.29 is 9.53 Å². The molecule has 1 amide bonds. The minimum absolute atomic E-state index is 0.485. The lowest BCUT2D eigenvalue weighted by molar-refractivity contribution is 0.187. The zero-order chi connectivity index (χ0) is 21.2. The zero-order valence-corrected chi connectivity index (χ0v) is 17.1. The van der Waals surface area contributed by atoms with Gasteiger partial charge in [-0.3, -0.25) is 10.3 Å². The summed E-state index contributed by atoms with van der Waals surface area (Å²) in [5.74, 6) is 0.736. The van der Waals surface area contributed by atoms with E-state index < -0.39 is 6.09 Å². The monoisotopic (exact) mass is 406 g/mol. The van der Waals surface area contributed by atoms with Gasteiger partial charge in [0.1, 0.15) is 0 Å². The Morgan fingerprint density at radius 1 is 1.07 bits per heavy atom. The SMILES string of the molecule is CN=C(NCCc1ccc(-n2cccn2)cc1)NCc1ccc(NC(=O)OC)cc1. The summed E-state index contributed by atoms with van der Waals surface area (Å²) < 4.78 is 6.42. The molecule has 0 atom stereocenters. The third-order valence-corrected chi connectivity index (χ3v) is 4.48. The highest BCUT2D eigenvalue weighted by atomic mass is 16.5. The number of nitrogens with one attached hydrogen (secondary N) is 3. The molecule has 0 unspecified atom stereocenters. The number of hydrogen-bond donors (Lipinski definition) is 3. The zero-order valence-electron chi connectivity index (χ0n) is 17.1. The van der Waals surface area contributed by atoms with E-state index in [0.29, 0.717) is 12.2 Å². The maximum absolute atomic E-state index is 11.2. The van der Waals surface area contributed by atoms with Crippen molar-refractivity contribution in [2.75, 3.05) is 26.0 Å². The van der Waals surface area contributed by atoms with Gasteiger partial charge in [0.15, 0.2) is 5.96 Å². The second kappa shape index (κ2) is 10.7. The highest BCUT2D eigenvalue weighted by Gasteiger charge is 2.02. The molecule has 0 saturated carbocycles. The number of hydrogen-bond acceptors (Lipinski definition) is 4. The summed E-state index contributed by atoms with van der Waals surface area (Å²) >= 11 is 0. The number of methoxy groups -OCH3 is 1. The largest absolute Gasteiger partial charge is 0.453 e. The standard InChI is InChI=1S/C22H26N6O2/c1-23-21(25-16-18-4-8-19(9-5-18)27-22(29)30-2)24-14-12-17-6-10-20(11-7-17)28-15-3-13-26-28/h3-11,13,15H,12,14,16H2,1-2H3,(H,27,29)(H2,23,24,25). The van der Waals surface area contributed by atoms with Crippen molar-refractivity contribution in [1.29, 1.82) is 0 Å². The number of guanidine groups is 1. The second-order valence-electron chi connectivity index (χ2n) is 6.53. The van der Waals surface area contributed by atoms with Gasteiger partial charge in [-0.25, -0.2) is 9.48 Å². The van der Waals surface area contributed by atoms with Crippen molar-refractivity contribution >= 4 is 17.7 Å². The van der Waals surface area contributed by atoms with E-state index >= 15 is 0 Å². The summed E-state index contributed by atoms with van der Waals surface area (Å²) in [6.07, 6.45) is 4.09. The van der Waals surface area contributed by atoms with E-state index in [2.05, 4.69) is 55.0 Å². The molecule has 0 bridgehead atoms. The van der Waals surface area contributed by atoms with Crippen molar-refractivity contribution in [1.82, 2.24) is 20.4 Å². The number of amides is 1. The molecule has 2 aromatic carbocycles. The number of rotatable bonds is 7. The van der Waals surface area contributed by atoms with E-state index in [1.165, 1.54) is 12.7 Å². The van der Waals surface area contributed by atoms with Crippen molar-refractivity contribution in [2.45, 2.75) is 13.0 Å². The summed E-state index contributed by atoms with van der Waals surface area (Å²) in [4.78, 5) is 15.5. The first-order valence-corrected chi connectivity index (χ1v) is 9.65. The second-order valence-corrected chi connectivity index (χ2v) is 6.53. The average Bonchev–Trinajstić information content (AvgIpc) is 3.32. The summed E-state index contributed by atoms with van der Waals surface area (Å²) in [6, 6.07) is 17.8. The van der Waals surface area contributed by atoms with Gasteiger partial charge in [0.05, 0.1) is 12.8 Å². The first-order chi connectivity index (χ1) is 14.7. The number of benzene rings is 2. The van der Waals surface area contributed by atoms with E-state index in [0.717, 1.165) is 30.2 Å². The smallest absolute Gasteiger partial charge is 0.411 e. The molecule has 0 radical (unpaired) electrons. The third-order valence-electron chi connectivity index (χ3n) is 4.48. The van der Waals surface area contributed by atoms with Gasteiger partial charge >= 0.3 is 6.09 Å². The molecule has 1 heterocycles. The van der Waals surface area contributed by atoms with Crippen molar-refractivity contribution in [3.8, 4) is 5.69 Å². The maximum atomic E-state index is 11.2. The summed E-state index contributed by atoms with van der Waals surface area (Å²) in [5, 5.41) is 13.5. The molecule has 0 aliphatic rings. The average molecular weight is 406 g/mol. The van der Waals surface area contributed by atoms with Crippen LogP contribution in [0.25, 0.3) is 5.69 Å². The Kier molecular flexibility index (Phi) is 7.43. The van der Waals surface area contributed by atoms with Crippen LogP contribution < -0.4 is 16.0 Å². The fraction of sp³-hybridized carbons (Fsp3) is 0.227. The van der Waals surface area contributed by atoms with Crippen LogP contribution in [-0.4, -0.2) is 42.5 Å². The molecular formula is C22H26N6O2. The molecule has 156 valence electrons. The van der Waals surface area contributed by atoms with Gasteiger partial charge in [-0.05, 0) is 47.9 Å². The van der Waals surface area contributed by atoms with Crippen LogP contribution in [0.5, 0.6) is 0 Å². The number of carbonyl (C=O) groups is 1. The molecule has 3 N–H and O–H groups in total. The number of aliphatic imine (C=N–C) groups is 1. The summed E-state index contributed by atoms with van der Waals surface area (Å²) in [6.45, 7) is 1.39. The van der Waals surface area contributed by atoms with Gasteiger partial charge < -0.3 is 15.4 Å². The lowest BCUT2D eigenvalue weighted by Crippen LogP contribution is -2.37. The van der Waals surface area contributed by atoms with Crippen LogP contribution in [0.4, 0.5) is 10.5 Å². The van der Waals surface area contributed by atoms with Crippen LogP contribution in [0.2, 0.25) is 0 Å². The molecule has 1 aromatic heterocycles. The van der Waals surface area contributed by atoms with Crippen molar-refractivity contribution in [2.24, 2.45) is 4.99 Å². The predicted octanol–water partition coefficient (Wildman–Crippen LogP) is 2.96. The molecule has 3 aromatic rings. The Bertz CT molecular complexity index is 950. The van der Waals surface area contributed by atoms with Crippen molar-refractivity contribution in [3.05, 3.63) is 78.1 Å². The molecule has 8 heteroatoms. The highest BCUT2D eigenvalue weighted by molar-refractivity contribution is 5.84. The fourth-order valence-corrected chi connectivity index (χ4v) is 2.84. The number of ether oxygens (including phenoxy) is 1. The van der Waals surface area contributed by atoms with E-state index in [9.17, 15) is 4.79 Å². The number of nitrogens with zero attached hydrogens (tertiary/aromatic N) is 3. The Hall–Kier alpha value is -3.81. The Labute approximate surface area is 176 Å². The van der Waals surface area contributed by atoms with Gasteiger partial charge in [-0.15, -0.1) is 0 Å². The summed E-state index contributed by atoms with van der Waals surface area (Å²) in [7, 11) is 3.08. The molecule has 8 nitrogen and oxygen atoms in total. The van der Waals surface area contributed by atoms with Crippen LogP contribution in [-0.2, 0) is 17.7 Å². The van der Waals surface area contributed by atoms with E-state index in [1.54, 1.807) is 13.2 Å². The van der Waals surface area contributed by atoms with Crippen LogP contribution >= 0.6 is 0 Å². The molecule has 3 rings (SSSR count). The van der Waals surface area contributed by atoms with Gasteiger partial charge in [0.25, 0.3) is 0 Å². The Morgan fingerprint density at radius 3 is 2.43 bits per heavy atom. The van der Waals surface area contributed by atoms with Crippen LogP contribution in [0.15, 0.2) is 72.0 Å². The van der Waals surface area contributed by atoms with Gasteiger partial charge in [-0.2, -0.15) is 5.10 Å². The molecule has 0 fully saturated rings. The number of aromatic nitrogens is 2.